The molecule has 1 aliphatic heterocycles. The van der Waals surface area contributed by atoms with Gasteiger partial charge in [-0.15, -0.1) is 11.6 Å². The lowest BCUT2D eigenvalue weighted by Crippen LogP contribution is -2.35. The number of halogens is 3. The van der Waals surface area contributed by atoms with E-state index in [1.54, 1.807) is 0 Å². The highest BCUT2D eigenvalue weighted by Crippen LogP contribution is 2.19. The van der Waals surface area contributed by atoms with Crippen LogP contribution in [0.5, 0.6) is 0 Å². The summed E-state index contributed by atoms with van der Waals surface area (Å²) in [5, 5.41) is 0.377. The van der Waals surface area contributed by atoms with Crippen molar-refractivity contribution >= 4 is 50.3 Å². The summed E-state index contributed by atoms with van der Waals surface area (Å²) in [6, 6.07) is 8.35. The second-order valence-electron chi connectivity index (χ2n) is 4.92. The molecule has 0 spiro atoms. The summed E-state index contributed by atoms with van der Waals surface area (Å²) in [6.07, 6.45) is 2.74. The van der Waals surface area contributed by atoms with Crippen LogP contribution in [0.25, 0.3) is 0 Å². The Morgan fingerprint density at radius 3 is 2.41 bits per heavy atom. The van der Waals surface area contributed by atoms with Gasteiger partial charge in [-0.05, 0) is 35.6 Å². The number of hydrogen-bond acceptors (Lipinski definition) is 2. The molecule has 0 aromatic heterocycles. The van der Waals surface area contributed by atoms with Crippen molar-refractivity contribution in [3.05, 3.63) is 35.4 Å². The van der Waals surface area contributed by atoms with Crippen molar-refractivity contribution in [3.63, 3.8) is 0 Å². The van der Waals surface area contributed by atoms with E-state index in [0.717, 1.165) is 25.9 Å². The van der Waals surface area contributed by atoms with Crippen molar-refractivity contribution in [2.75, 3.05) is 17.8 Å². The Labute approximate surface area is 150 Å². The molecule has 0 aliphatic carbocycles. The molecule has 3 nitrogen and oxygen atoms in total. The fraction of sp³-hybridized carbons (Fsp3) is 0.500. The number of nitrogens with zero attached hydrogens (tertiary/aromatic N) is 1. The van der Waals surface area contributed by atoms with E-state index in [0.29, 0.717) is 24.1 Å². The van der Waals surface area contributed by atoms with E-state index in [1.807, 2.05) is 11.0 Å². The Kier molecular flexibility index (Phi) is 9.76. The first-order valence-electron chi connectivity index (χ1n) is 7.23. The van der Waals surface area contributed by atoms with Gasteiger partial charge in [0.25, 0.3) is 0 Å². The molecule has 1 heterocycles. The molecule has 0 saturated carbocycles. The molecule has 0 bridgehead atoms. The summed E-state index contributed by atoms with van der Waals surface area (Å²) >= 11 is 13.5. The molecule has 0 N–H and O–H groups in total. The minimum atomic E-state index is -0.285. The number of amides is 1. The molecule has 1 aliphatic rings. The summed E-state index contributed by atoms with van der Waals surface area (Å²) in [5.74, 6) is 0.797. The van der Waals surface area contributed by atoms with Gasteiger partial charge in [0.05, 0.1) is 0 Å². The Balaban J connectivity index is 0.000000346. The molecule has 0 fully saturated rings. The smallest absolute Gasteiger partial charge is 0.222 e. The van der Waals surface area contributed by atoms with Crippen LogP contribution in [-0.2, 0) is 22.6 Å². The minimum Gasteiger partial charge on any atom is -0.338 e. The quantitative estimate of drug-likeness (QED) is 0.542. The van der Waals surface area contributed by atoms with Gasteiger partial charge in [-0.3, -0.25) is 9.59 Å². The maximum Gasteiger partial charge on any atom is 0.222 e. The van der Waals surface area contributed by atoms with Crippen molar-refractivity contribution < 1.29 is 9.59 Å². The maximum absolute atomic E-state index is 11.8. The first-order chi connectivity index (χ1) is 10.6. The van der Waals surface area contributed by atoms with Gasteiger partial charge in [0, 0.05) is 37.1 Å². The van der Waals surface area contributed by atoms with Gasteiger partial charge in [0.1, 0.15) is 0 Å². The number of rotatable bonds is 5. The molecule has 1 amide bonds. The third kappa shape index (κ3) is 7.12. The first kappa shape index (κ1) is 19.5. The lowest BCUT2D eigenvalue weighted by atomic mass is 10.00. The van der Waals surface area contributed by atoms with E-state index in [9.17, 15) is 9.59 Å². The zero-order chi connectivity index (χ0) is 16.4. The molecule has 0 radical (unpaired) electrons. The Morgan fingerprint density at radius 2 is 1.86 bits per heavy atom. The van der Waals surface area contributed by atoms with Crippen LogP contribution in [0.3, 0.4) is 0 Å². The molecule has 6 heteroatoms. The Hall–Kier alpha value is -0.580. The molecular weight excluding hydrogens is 389 g/mol. The summed E-state index contributed by atoms with van der Waals surface area (Å²) in [7, 11) is 0. The molecule has 1 aromatic rings. The maximum atomic E-state index is 11.8. The van der Waals surface area contributed by atoms with E-state index >= 15 is 0 Å². The van der Waals surface area contributed by atoms with E-state index in [4.69, 9.17) is 23.2 Å². The predicted octanol–water partition coefficient (Wildman–Crippen LogP) is 4.13. The van der Waals surface area contributed by atoms with Crippen LogP contribution in [0, 0.1) is 0 Å². The van der Waals surface area contributed by atoms with Gasteiger partial charge in [0.15, 0.2) is 0 Å². The van der Waals surface area contributed by atoms with Crippen molar-refractivity contribution in [2.24, 2.45) is 0 Å². The fourth-order valence-electron chi connectivity index (χ4n) is 2.16. The number of hydrogen-bond donors (Lipinski definition) is 0. The molecule has 0 saturated heterocycles. The monoisotopic (exact) mass is 407 g/mol. The second kappa shape index (κ2) is 11.0. The van der Waals surface area contributed by atoms with Gasteiger partial charge < -0.3 is 4.90 Å². The lowest BCUT2D eigenvalue weighted by Gasteiger charge is -2.28. The first-order valence-corrected chi connectivity index (χ1v) is 9.26. The number of carbonyl (C=O) groups is 2. The van der Waals surface area contributed by atoms with Gasteiger partial charge in [-0.1, -0.05) is 40.2 Å². The standard InChI is InChI=1S/C13H16ClNO.C3H4BrClO/c14-8-3-6-13(16)15-9-7-11-4-1-2-5-12(11)10-15;4-2-1-3(5)6/h1-2,4-5H,3,6-10H2;1-2H2. The van der Waals surface area contributed by atoms with Crippen LogP contribution in [-0.4, -0.2) is 33.8 Å². The van der Waals surface area contributed by atoms with Crippen LogP contribution in [0.1, 0.15) is 30.4 Å². The molecule has 1 aromatic carbocycles. The zero-order valence-electron chi connectivity index (χ0n) is 12.4. The lowest BCUT2D eigenvalue weighted by molar-refractivity contribution is -0.132. The van der Waals surface area contributed by atoms with Crippen LogP contribution in [0.15, 0.2) is 24.3 Å². The highest BCUT2D eigenvalue weighted by Gasteiger charge is 2.19. The average molecular weight is 409 g/mol. The second-order valence-corrected chi connectivity index (χ2v) is 6.51. The number of carbonyl (C=O) groups excluding carboxylic acids is 2. The van der Waals surface area contributed by atoms with Crippen LogP contribution < -0.4 is 0 Å². The average Bonchev–Trinajstić information content (AvgIpc) is 2.52. The fourth-order valence-corrected chi connectivity index (χ4v) is 2.98. The van der Waals surface area contributed by atoms with E-state index < -0.39 is 0 Å². The molecule has 22 heavy (non-hydrogen) atoms. The van der Waals surface area contributed by atoms with Crippen molar-refractivity contribution in [1.82, 2.24) is 4.90 Å². The van der Waals surface area contributed by atoms with Crippen molar-refractivity contribution in [2.45, 2.75) is 32.2 Å². The van der Waals surface area contributed by atoms with Gasteiger partial charge in [0.2, 0.25) is 11.1 Å². The largest absolute Gasteiger partial charge is 0.338 e. The third-order valence-electron chi connectivity index (χ3n) is 3.30. The molecule has 2 rings (SSSR count). The number of benzene rings is 1. The topological polar surface area (TPSA) is 37.4 Å². The van der Waals surface area contributed by atoms with Crippen molar-refractivity contribution in [1.29, 1.82) is 0 Å². The van der Waals surface area contributed by atoms with Crippen LogP contribution >= 0.6 is 39.1 Å². The highest BCUT2D eigenvalue weighted by molar-refractivity contribution is 9.09. The van der Waals surface area contributed by atoms with Gasteiger partial charge in [-0.25, -0.2) is 0 Å². The van der Waals surface area contributed by atoms with E-state index in [-0.39, 0.29) is 11.1 Å². The minimum absolute atomic E-state index is 0.232. The summed E-state index contributed by atoms with van der Waals surface area (Å²) in [6.45, 7) is 1.61. The highest BCUT2D eigenvalue weighted by atomic mass is 79.9. The zero-order valence-corrected chi connectivity index (χ0v) is 15.5. The van der Waals surface area contributed by atoms with Gasteiger partial charge in [-0.2, -0.15) is 0 Å². The summed E-state index contributed by atoms with van der Waals surface area (Å²) in [5.41, 5.74) is 2.66. The predicted molar refractivity (Wildman–Crippen MR) is 94.8 cm³/mol. The third-order valence-corrected chi connectivity index (χ3v) is 4.15. The van der Waals surface area contributed by atoms with Gasteiger partial charge >= 0.3 is 0 Å². The van der Waals surface area contributed by atoms with E-state index in [2.05, 4.69) is 34.1 Å². The molecule has 0 unspecified atom stereocenters. The van der Waals surface area contributed by atoms with E-state index in [1.165, 1.54) is 11.1 Å². The number of fused-ring (bicyclic) bond motifs is 1. The summed E-state index contributed by atoms with van der Waals surface area (Å²) < 4.78 is 0. The normalized spacial score (nSPS) is 13.0. The summed E-state index contributed by atoms with van der Waals surface area (Å²) in [4.78, 5) is 23.6. The van der Waals surface area contributed by atoms with Crippen LogP contribution in [0.2, 0.25) is 0 Å². The number of alkyl halides is 2. The van der Waals surface area contributed by atoms with Crippen molar-refractivity contribution in [3.8, 4) is 0 Å². The molecule has 122 valence electrons. The molecule has 0 atom stereocenters. The Morgan fingerprint density at radius 1 is 1.18 bits per heavy atom. The SMILES string of the molecule is O=C(CCCCl)N1CCc2ccccc2C1.O=C(Cl)CCBr. The Bertz CT molecular complexity index is 497. The molecular formula is C16H20BrCl2NO2. The van der Waals surface area contributed by atoms with Crippen LogP contribution in [0.4, 0.5) is 0 Å².